The molecule has 3 heterocycles. The first-order chi connectivity index (χ1) is 18.4. The first-order valence-corrected chi connectivity index (χ1v) is 12.3. The topological polar surface area (TPSA) is 116 Å². The van der Waals surface area contributed by atoms with E-state index in [0.29, 0.717) is 49.0 Å². The summed E-state index contributed by atoms with van der Waals surface area (Å²) in [5.41, 5.74) is 1.87. The quantitative estimate of drug-likeness (QED) is 0.278. The maximum absolute atomic E-state index is 13.2. The van der Waals surface area contributed by atoms with E-state index in [0.717, 1.165) is 5.56 Å². The van der Waals surface area contributed by atoms with Gasteiger partial charge in [-0.2, -0.15) is 0 Å². The number of furan rings is 1. The van der Waals surface area contributed by atoms with E-state index in [-0.39, 0.29) is 40.8 Å². The van der Waals surface area contributed by atoms with Crippen LogP contribution in [0.3, 0.4) is 0 Å². The van der Waals surface area contributed by atoms with Gasteiger partial charge in [-0.15, -0.1) is 0 Å². The Hall–Kier alpha value is -4.37. The van der Waals surface area contributed by atoms with E-state index in [1.54, 1.807) is 42.6 Å². The maximum Gasteiger partial charge on any atom is 0.306 e. The predicted octanol–water partition coefficient (Wildman–Crippen LogP) is 4.30. The Kier molecular flexibility index (Phi) is 7.02. The number of Topliss-reactive ketones (excluding diaryl/α,β-unsaturated/α-hetero) is 2. The molecule has 196 valence electrons. The molecule has 0 radical (unpaired) electrons. The van der Waals surface area contributed by atoms with Crippen molar-refractivity contribution in [3.63, 3.8) is 0 Å². The van der Waals surface area contributed by atoms with Crippen molar-refractivity contribution < 1.29 is 38.1 Å². The third-order valence-electron chi connectivity index (χ3n) is 6.69. The summed E-state index contributed by atoms with van der Waals surface area (Å²) < 4.78 is 22.5. The van der Waals surface area contributed by atoms with E-state index >= 15 is 0 Å². The van der Waals surface area contributed by atoms with Gasteiger partial charge in [0.05, 0.1) is 38.2 Å². The Morgan fingerprint density at radius 3 is 2.50 bits per heavy atom. The number of hydrogen-bond acceptors (Lipinski definition) is 9. The molecule has 1 N–H and O–H groups in total. The molecule has 9 nitrogen and oxygen atoms in total. The summed E-state index contributed by atoms with van der Waals surface area (Å²) in [7, 11) is 1.28. The van der Waals surface area contributed by atoms with Gasteiger partial charge in [-0.3, -0.25) is 14.4 Å². The van der Waals surface area contributed by atoms with Crippen molar-refractivity contribution in [2.45, 2.75) is 19.3 Å². The van der Waals surface area contributed by atoms with E-state index in [1.165, 1.54) is 26.2 Å². The van der Waals surface area contributed by atoms with Gasteiger partial charge in [0.2, 0.25) is 5.78 Å². The number of esters is 1. The van der Waals surface area contributed by atoms with Crippen LogP contribution in [0.15, 0.2) is 64.9 Å². The van der Waals surface area contributed by atoms with Gasteiger partial charge in [0, 0.05) is 36.0 Å². The number of nitrogens with zero attached hydrogens (tertiary/aromatic N) is 1. The molecule has 3 aromatic rings. The van der Waals surface area contributed by atoms with E-state index in [9.17, 15) is 19.5 Å². The molecule has 0 bridgehead atoms. The van der Waals surface area contributed by atoms with Crippen LogP contribution in [0.5, 0.6) is 11.5 Å². The zero-order valence-corrected chi connectivity index (χ0v) is 21.1. The van der Waals surface area contributed by atoms with Gasteiger partial charge in [-0.05, 0) is 31.2 Å². The highest BCUT2D eigenvalue weighted by molar-refractivity contribution is 6.12. The summed E-state index contributed by atoms with van der Waals surface area (Å²) in [5, 5.41) is 10.9. The van der Waals surface area contributed by atoms with E-state index in [2.05, 4.69) is 0 Å². The number of hydrogen-bond donors (Lipinski definition) is 1. The number of methoxy groups -OCH3 is 1. The average Bonchev–Trinajstić information content (AvgIpc) is 3.53. The summed E-state index contributed by atoms with van der Waals surface area (Å²) in [5.74, 6) is -0.587. The number of rotatable bonds is 7. The second kappa shape index (κ2) is 10.5. The smallest absolute Gasteiger partial charge is 0.306 e. The maximum atomic E-state index is 13.2. The van der Waals surface area contributed by atoms with Gasteiger partial charge in [0.25, 0.3) is 0 Å². The van der Waals surface area contributed by atoms with Crippen LogP contribution in [0.2, 0.25) is 0 Å². The van der Waals surface area contributed by atoms with Crippen molar-refractivity contribution in [2.75, 3.05) is 33.4 Å². The molecular formula is C29H27NO8. The highest BCUT2D eigenvalue weighted by atomic mass is 16.5. The fourth-order valence-electron chi connectivity index (χ4n) is 4.62. The Morgan fingerprint density at radius 2 is 1.82 bits per heavy atom. The summed E-state index contributed by atoms with van der Waals surface area (Å²) in [4.78, 5) is 39.2. The number of ketones is 2. The molecular weight excluding hydrogens is 490 g/mol. The molecule has 1 atom stereocenters. The Labute approximate surface area is 219 Å². The Bertz CT molecular complexity index is 1410. The second-order valence-corrected chi connectivity index (χ2v) is 9.12. The number of morpholine rings is 1. The average molecular weight is 518 g/mol. The summed E-state index contributed by atoms with van der Waals surface area (Å²) in [6.45, 7) is 3.85. The van der Waals surface area contributed by atoms with Gasteiger partial charge in [0.15, 0.2) is 11.5 Å². The lowest BCUT2D eigenvalue weighted by atomic mass is 9.90. The number of allylic oxidation sites excluding steroid dienone is 1. The lowest BCUT2D eigenvalue weighted by Crippen LogP contribution is -2.32. The number of carbonyl (C=O) groups excluding carboxylic acids is 3. The molecule has 2 aliphatic heterocycles. The molecule has 1 aromatic heterocycles. The number of carbonyl (C=O) groups is 3. The Morgan fingerprint density at radius 1 is 1.08 bits per heavy atom. The number of phenolic OH excluding ortho intramolecular Hbond substituents is 1. The molecule has 5 rings (SSSR count). The molecule has 2 aliphatic rings. The van der Waals surface area contributed by atoms with Crippen LogP contribution in [0, 0.1) is 0 Å². The third-order valence-corrected chi connectivity index (χ3v) is 6.69. The highest BCUT2D eigenvalue weighted by Crippen LogP contribution is 2.47. The van der Waals surface area contributed by atoms with Crippen molar-refractivity contribution in [3.05, 3.63) is 82.9 Å². The normalized spacial score (nSPS) is 16.7. The molecule has 0 aliphatic carbocycles. The fourth-order valence-corrected chi connectivity index (χ4v) is 4.62. The zero-order valence-electron chi connectivity index (χ0n) is 21.1. The van der Waals surface area contributed by atoms with Gasteiger partial charge >= 0.3 is 5.97 Å². The minimum Gasteiger partial charge on any atom is -0.508 e. The van der Waals surface area contributed by atoms with Crippen LogP contribution in [0.1, 0.15) is 51.3 Å². The van der Waals surface area contributed by atoms with Crippen molar-refractivity contribution >= 4 is 17.5 Å². The molecule has 9 heteroatoms. The van der Waals surface area contributed by atoms with Crippen molar-refractivity contribution in [3.8, 4) is 22.8 Å². The Balaban J connectivity index is 1.53. The van der Waals surface area contributed by atoms with Crippen LogP contribution >= 0.6 is 0 Å². The summed E-state index contributed by atoms with van der Waals surface area (Å²) in [6, 6.07) is 13.4. The van der Waals surface area contributed by atoms with E-state index < -0.39 is 11.9 Å². The molecule has 38 heavy (non-hydrogen) atoms. The molecule has 0 unspecified atom stereocenters. The van der Waals surface area contributed by atoms with Gasteiger partial charge in [-0.25, -0.2) is 0 Å². The van der Waals surface area contributed by atoms with Crippen LogP contribution in [0.25, 0.3) is 11.3 Å². The fraction of sp³-hybridized carbons (Fsp3) is 0.276. The van der Waals surface area contributed by atoms with Crippen LogP contribution < -0.4 is 4.74 Å². The second-order valence-electron chi connectivity index (χ2n) is 9.12. The molecule has 1 fully saturated rings. The SMILES string of the molecule is COC(=O)C[C@H](c1ccc(-c2ccc(C(C)=O)cc2)o1)c1c(O)ccc2c1O/C(=C\N1CCOCC1)C2=O. The summed E-state index contributed by atoms with van der Waals surface area (Å²) >= 11 is 0. The largest absolute Gasteiger partial charge is 0.508 e. The standard InChI is InChI=1S/C29H27NO8/c1-17(31)18-3-5-19(6-4-18)23-9-10-24(37-23)21(15-26(33)35-2)27-22(32)8-7-20-28(34)25(38-29(20)27)16-30-11-13-36-14-12-30/h3-10,16,21,32H,11-15H2,1-2H3/b25-16-/t21-/m1/s1. The van der Waals surface area contributed by atoms with E-state index in [4.69, 9.17) is 18.6 Å². The molecule has 0 spiro atoms. The molecule has 0 amide bonds. The van der Waals surface area contributed by atoms with Crippen molar-refractivity contribution in [1.82, 2.24) is 4.90 Å². The number of benzene rings is 2. The lowest BCUT2D eigenvalue weighted by Gasteiger charge is -2.25. The third kappa shape index (κ3) is 4.92. The molecule has 1 saturated heterocycles. The highest BCUT2D eigenvalue weighted by Gasteiger charge is 2.37. The van der Waals surface area contributed by atoms with E-state index in [1.807, 2.05) is 4.90 Å². The van der Waals surface area contributed by atoms with Crippen LogP contribution in [-0.2, 0) is 14.3 Å². The first kappa shape index (κ1) is 25.3. The van der Waals surface area contributed by atoms with Crippen molar-refractivity contribution in [1.29, 1.82) is 0 Å². The first-order valence-electron chi connectivity index (χ1n) is 12.3. The van der Waals surface area contributed by atoms with Gasteiger partial charge in [-0.1, -0.05) is 24.3 Å². The monoisotopic (exact) mass is 517 g/mol. The van der Waals surface area contributed by atoms with Gasteiger partial charge < -0.3 is 28.6 Å². The van der Waals surface area contributed by atoms with Crippen LogP contribution in [-0.4, -0.2) is 61.0 Å². The van der Waals surface area contributed by atoms with Gasteiger partial charge in [0.1, 0.15) is 23.0 Å². The number of fused-ring (bicyclic) bond motifs is 1. The zero-order chi connectivity index (χ0) is 26.8. The number of aromatic hydroxyl groups is 1. The van der Waals surface area contributed by atoms with Crippen LogP contribution in [0.4, 0.5) is 0 Å². The lowest BCUT2D eigenvalue weighted by molar-refractivity contribution is -0.140. The minimum absolute atomic E-state index is 0.0418. The number of phenols is 1. The molecule has 0 saturated carbocycles. The minimum atomic E-state index is -0.793. The predicted molar refractivity (Wildman–Crippen MR) is 136 cm³/mol. The summed E-state index contributed by atoms with van der Waals surface area (Å²) in [6.07, 6.45) is 1.51. The number of ether oxygens (including phenoxy) is 3. The van der Waals surface area contributed by atoms with Crippen molar-refractivity contribution in [2.24, 2.45) is 0 Å². The molecule has 2 aromatic carbocycles.